The second kappa shape index (κ2) is 8.28. The van der Waals surface area contributed by atoms with Crippen LogP contribution in [0.3, 0.4) is 0 Å². The summed E-state index contributed by atoms with van der Waals surface area (Å²) in [4.78, 5) is 2.38. The van der Waals surface area contributed by atoms with Gasteiger partial charge in [0, 0.05) is 19.6 Å². The second-order valence-electron chi connectivity index (χ2n) is 5.18. The molecule has 1 aromatic rings. The smallest absolute Gasteiger partial charge is 0.123 e. The molecule has 0 heterocycles. The first kappa shape index (κ1) is 16.1. The Kier molecular flexibility index (Phi) is 7.03. The highest BCUT2D eigenvalue weighted by Crippen LogP contribution is 2.15. The molecule has 1 aromatic carbocycles. The minimum absolute atomic E-state index is 0.184. The van der Waals surface area contributed by atoms with Crippen molar-refractivity contribution < 1.29 is 4.39 Å². The number of benzene rings is 1. The maximum atomic E-state index is 13.5. The van der Waals surface area contributed by atoms with Crippen molar-refractivity contribution in [2.75, 3.05) is 13.1 Å². The highest BCUT2D eigenvalue weighted by molar-refractivity contribution is 5.24. The van der Waals surface area contributed by atoms with Crippen LogP contribution >= 0.6 is 0 Å². The van der Waals surface area contributed by atoms with Gasteiger partial charge in [0.05, 0.1) is 0 Å². The molecule has 0 unspecified atom stereocenters. The Balaban J connectivity index is 2.72. The van der Waals surface area contributed by atoms with Crippen LogP contribution in [0.25, 0.3) is 0 Å². The van der Waals surface area contributed by atoms with Gasteiger partial charge in [0.2, 0.25) is 0 Å². The maximum absolute atomic E-state index is 13.5. The molecule has 0 bridgehead atoms. The molecule has 0 radical (unpaired) electrons. The van der Waals surface area contributed by atoms with Crippen molar-refractivity contribution in [1.29, 1.82) is 0 Å². The van der Waals surface area contributed by atoms with Crippen molar-refractivity contribution in [2.45, 2.75) is 46.7 Å². The van der Waals surface area contributed by atoms with Crippen LogP contribution in [0.5, 0.6) is 0 Å². The number of nitrogens with two attached hydrogens (primary N) is 1. The summed E-state index contributed by atoms with van der Waals surface area (Å²) in [6.07, 6.45) is 2.40. The van der Waals surface area contributed by atoms with E-state index in [1.165, 1.54) is 18.9 Å². The molecule has 108 valence electrons. The fraction of sp³-hybridized carbons (Fsp3) is 0.625. The summed E-state index contributed by atoms with van der Waals surface area (Å²) < 4.78 is 13.5. The van der Waals surface area contributed by atoms with E-state index in [1.54, 1.807) is 6.07 Å². The Labute approximate surface area is 116 Å². The first-order chi connectivity index (χ1) is 9.12. The highest BCUT2D eigenvalue weighted by atomic mass is 19.1. The fourth-order valence-electron chi connectivity index (χ4n) is 2.40. The Hall–Kier alpha value is -0.930. The molecule has 0 aromatic heterocycles. The van der Waals surface area contributed by atoms with Gasteiger partial charge < -0.3 is 5.73 Å². The van der Waals surface area contributed by atoms with E-state index < -0.39 is 0 Å². The lowest BCUT2D eigenvalue weighted by Crippen LogP contribution is -2.28. The standard InChI is InChI=1S/C16H27FN2/c1-4-13(5-2)11-19(6-3)12-15-7-14(10-18)8-16(17)9-15/h7-9,13H,4-6,10-12,18H2,1-3H3. The third kappa shape index (κ3) is 5.29. The molecule has 19 heavy (non-hydrogen) atoms. The predicted molar refractivity (Wildman–Crippen MR) is 79.3 cm³/mol. The molecule has 0 aliphatic heterocycles. The predicted octanol–water partition coefficient (Wildman–Crippen LogP) is 3.54. The van der Waals surface area contributed by atoms with E-state index in [0.717, 1.165) is 36.7 Å². The summed E-state index contributed by atoms with van der Waals surface area (Å²) in [6, 6.07) is 5.15. The Morgan fingerprint density at radius 1 is 1.11 bits per heavy atom. The van der Waals surface area contributed by atoms with Gasteiger partial charge in [0.15, 0.2) is 0 Å². The largest absolute Gasteiger partial charge is 0.326 e. The van der Waals surface area contributed by atoms with Crippen molar-refractivity contribution in [3.8, 4) is 0 Å². The van der Waals surface area contributed by atoms with E-state index in [0.29, 0.717) is 6.54 Å². The Morgan fingerprint density at radius 3 is 2.26 bits per heavy atom. The van der Waals surface area contributed by atoms with Gasteiger partial charge in [-0.05, 0) is 35.7 Å². The maximum Gasteiger partial charge on any atom is 0.123 e. The summed E-state index contributed by atoms with van der Waals surface area (Å²) in [5, 5.41) is 0. The van der Waals surface area contributed by atoms with Gasteiger partial charge in [-0.15, -0.1) is 0 Å². The van der Waals surface area contributed by atoms with E-state index in [9.17, 15) is 4.39 Å². The van der Waals surface area contributed by atoms with Crippen molar-refractivity contribution >= 4 is 0 Å². The van der Waals surface area contributed by atoms with E-state index >= 15 is 0 Å². The molecule has 0 saturated heterocycles. The molecule has 0 spiro atoms. The summed E-state index contributed by atoms with van der Waals surface area (Å²) in [6.45, 7) is 9.89. The number of rotatable bonds is 8. The van der Waals surface area contributed by atoms with Crippen LogP contribution in [0.2, 0.25) is 0 Å². The average Bonchev–Trinajstić information content (AvgIpc) is 2.42. The first-order valence-electron chi connectivity index (χ1n) is 7.33. The molecule has 0 aliphatic rings. The zero-order valence-corrected chi connectivity index (χ0v) is 12.5. The van der Waals surface area contributed by atoms with E-state index in [-0.39, 0.29) is 5.82 Å². The second-order valence-corrected chi connectivity index (χ2v) is 5.18. The minimum Gasteiger partial charge on any atom is -0.326 e. The van der Waals surface area contributed by atoms with Gasteiger partial charge in [-0.3, -0.25) is 4.90 Å². The van der Waals surface area contributed by atoms with Gasteiger partial charge in [-0.1, -0.05) is 39.7 Å². The van der Waals surface area contributed by atoms with Gasteiger partial charge >= 0.3 is 0 Å². The minimum atomic E-state index is -0.184. The van der Waals surface area contributed by atoms with E-state index in [1.807, 2.05) is 6.07 Å². The quantitative estimate of drug-likeness (QED) is 0.779. The first-order valence-corrected chi connectivity index (χ1v) is 7.33. The molecule has 0 fully saturated rings. The molecular weight excluding hydrogens is 239 g/mol. The molecule has 0 atom stereocenters. The van der Waals surface area contributed by atoms with Crippen LogP contribution in [-0.2, 0) is 13.1 Å². The average molecular weight is 266 g/mol. The van der Waals surface area contributed by atoms with Crippen LogP contribution in [0.15, 0.2) is 18.2 Å². The normalized spacial score (nSPS) is 11.5. The number of halogens is 1. The monoisotopic (exact) mass is 266 g/mol. The number of hydrogen-bond donors (Lipinski definition) is 1. The topological polar surface area (TPSA) is 29.3 Å². The summed E-state index contributed by atoms with van der Waals surface area (Å²) in [7, 11) is 0. The molecule has 0 saturated carbocycles. The molecule has 0 aliphatic carbocycles. The molecule has 1 rings (SSSR count). The highest BCUT2D eigenvalue weighted by Gasteiger charge is 2.11. The number of nitrogens with zero attached hydrogens (tertiary/aromatic N) is 1. The molecule has 2 N–H and O–H groups in total. The third-order valence-corrected chi connectivity index (χ3v) is 3.78. The zero-order valence-electron chi connectivity index (χ0n) is 12.5. The van der Waals surface area contributed by atoms with Gasteiger partial charge in [-0.25, -0.2) is 4.39 Å². The van der Waals surface area contributed by atoms with Gasteiger partial charge in [-0.2, -0.15) is 0 Å². The summed E-state index contributed by atoms with van der Waals surface area (Å²) in [5.74, 6) is 0.541. The van der Waals surface area contributed by atoms with E-state index in [4.69, 9.17) is 5.73 Å². The van der Waals surface area contributed by atoms with Crippen molar-refractivity contribution in [3.05, 3.63) is 35.1 Å². The lowest BCUT2D eigenvalue weighted by atomic mass is 10.0. The molecule has 2 nitrogen and oxygen atoms in total. The third-order valence-electron chi connectivity index (χ3n) is 3.78. The molecular formula is C16H27FN2. The van der Waals surface area contributed by atoms with Crippen LogP contribution in [-0.4, -0.2) is 18.0 Å². The molecule has 0 amide bonds. The Morgan fingerprint density at radius 2 is 1.74 bits per heavy atom. The summed E-state index contributed by atoms with van der Waals surface area (Å²) >= 11 is 0. The van der Waals surface area contributed by atoms with E-state index in [2.05, 4.69) is 25.7 Å². The fourth-order valence-corrected chi connectivity index (χ4v) is 2.40. The van der Waals surface area contributed by atoms with Crippen molar-refractivity contribution in [3.63, 3.8) is 0 Å². The van der Waals surface area contributed by atoms with Crippen LogP contribution in [0.1, 0.15) is 44.7 Å². The van der Waals surface area contributed by atoms with Gasteiger partial charge in [0.25, 0.3) is 0 Å². The Bertz CT molecular complexity index is 375. The lowest BCUT2D eigenvalue weighted by Gasteiger charge is -2.25. The van der Waals surface area contributed by atoms with Crippen LogP contribution in [0, 0.1) is 11.7 Å². The van der Waals surface area contributed by atoms with Gasteiger partial charge in [0.1, 0.15) is 5.82 Å². The van der Waals surface area contributed by atoms with Crippen LogP contribution in [0.4, 0.5) is 4.39 Å². The van der Waals surface area contributed by atoms with Crippen molar-refractivity contribution in [1.82, 2.24) is 4.90 Å². The van der Waals surface area contributed by atoms with Crippen molar-refractivity contribution in [2.24, 2.45) is 11.7 Å². The number of hydrogen-bond acceptors (Lipinski definition) is 2. The molecule has 3 heteroatoms. The van der Waals surface area contributed by atoms with Crippen LogP contribution < -0.4 is 5.73 Å². The lowest BCUT2D eigenvalue weighted by molar-refractivity contribution is 0.226. The summed E-state index contributed by atoms with van der Waals surface area (Å²) in [5.41, 5.74) is 7.49. The zero-order chi connectivity index (χ0) is 14.3. The SMILES string of the molecule is CCC(CC)CN(CC)Cc1cc(F)cc(CN)c1.